The molecule has 0 aromatic carbocycles. The molecule has 13 heavy (non-hydrogen) atoms. The molecule has 0 aliphatic heterocycles. The monoisotopic (exact) mass is 183 g/mol. The lowest BCUT2D eigenvalue weighted by Gasteiger charge is -2.24. The number of aliphatic hydroxyl groups excluding tert-OH is 1. The van der Waals surface area contributed by atoms with Crippen LogP contribution in [-0.2, 0) is 5.54 Å². The van der Waals surface area contributed by atoms with E-state index in [1.807, 2.05) is 10.8 Å². The van der Waals surface area contributed by atoms with Gasteiger partial charge in [0.25, 0.3) is 0 Å². The van der Waals surface area contributed by atoms with Gasteiger partial charge in [-0.25, -0.2) is 4.98 Å². The van der Waals surface area contributed by atoms with Crippen molar-refractivity contribution in [3.8, 4) is 0 Å². The lowest BCUT2D eigenvalue weighted by molar-refractivity contribution is 0.253. The van der Waals surface area contributed by atoms with Crippen LogP contribution >= 0.6 is 0 Å². The topological polar surface area (TPSA) is 64.1 Å². The Kier molecular flexibility index (Phi) is 2.73. The second kappa shape index (κ2) is 3.47. The zero-order valence-electron chi connectivity index (χ0n) is 8.36. The first kappa shape index (κ1) is 10.2. The number of rotatable bonds is 2. The molecule has 3 N–H and O–H groups in total. The molecule has 0 aliphatic carbocycles. The van der Waals surface area contributed by atoms with Crippen LogP contribution in [0.25, 0.3) is 0 Å². The predicted molar refractivity (Wildman–Crippen MR) is 51.2 cm³/mol. The standard InChI is InChI=1S/C9H17N3O/c1-9(2,3)12-5-4-11-8(12)7(10)6-13/h4-5,7,13H,6,10H2,1-3H3. The molecule has 0 saturated carbocycles. The SMILES string of the molecule is CC(C)(C)n1ccnc1C(N)CO. The summed E-state index contributed by atoms with van der Waals surface area (Å²) in [4.78, 5) is 4.13. The van der Waals surface area contributed by atoms with Crippen LogP contribution in [0.5, 0.6) is 0 Å². The van der Waals surface area contributed by atoms with Gasteiger partial charge in [0.15, 0.2) is 0 Å². The van der Waals surface area contributed by atoms with E-state index in [-0.39, 0.29) is 12.1 Å². The Bertz CT molecular complexity index is 275. The van der Waals surface area contributed by atoms with E-state index in [0.29, 0.717) is 0 Å². The van der Waals surface area contributed by atoms with Crippen molar-refractivity contribution in [2.45, 2.75) is 32.4 Å². The molecule has 0 radical (unpaired) electrons. The average Bonchev–Trinajstić information content (AvgIpc) is 2.49. The first-order valence-electron chi connectivity index (χ1n) is 4.37. The molecule has 4 nitrogen and oxygen atoms in total. The zero-order chi connectivity index (χ0) is 10.1. The van der Waals surface area contributed by atoms with Gasteiger partial charge in [0.05, 0.1) is 12.6 Å². The zero-order valence-corrected chi connectivity index (χ0v) is 8.36. The second-order valence-electron chi connectivity index (χ2n) is 4.12. The molecule has 1 atom stereocenters. The molecular formula is C9H17N3O. The minimum atomic E-state index is -0.394. The number of nitrogens with two attached hydrogens (primary N) is 1. The van der Waals surface area contributed by atoms with Crippen molar-refractivity contribution < 1.29 is 5.11 Å². The van der Waals surface area contributed by atoms with E-state index >= 15 is 0 Å². The summed E-state index contributed by atoms with van der Waals surface area (Å²) >= 11 is 0. The van der Waals surface area contributed by atoms with Crippen LogP contribution in [-0.4, -0.2) is 21.3 Å². The molecule has 0 fully saturated rings. The van der Waals surface area contributed by atoms with E-state index < -0.39 is 6.04 Å². The van der Waals surface area contributed by atoms with Crippen molar-refractivity contribution >= 4 is 0 Å². The van der Waals surface area contributed by atoms with Crippen LogP contribution in [0.15, 0.2) is 12.4 Å². The Morgan fingerprint density at radius 2 is 2.23 bits per heavy atom. The summed E-state index contributed by atoms with van der Waals surface area (Å²) in [5.41, 5.74) is 5.66. The Labute approximate surface area is 78.4 Å². The molecule has 0 amide bonds. The van der Waals surface area contributed by atoms with Crippen molar-refractivity contribution in [1.29, 1.82) is 0 Å². The van der Waals surface area contributed by atoms with Crippen LogP contribution in [0.4, 0.5) is 0 Å². The summed E-state index contributed by atoms with van der Waals surface area (Å²) in [5.74, 6) is 0.731. The number of hydrogen-bond donors (Lipinski definition) is 2. The van der Waals surface area contributed by atoms with Gasteiger partial charge in [-0.3, -0.25) is 0 Å². The third-order valence-corrected chi connectivity index (χ3v) is 1.92. The van der Waals surface area contributed by atoms with Gasteiger partial charge in [-0.15, -0.1) is 0 Å². The number of aromatic nitrogens is 2. The summed E-state index contributed by atoms with van der Waals surface area (Å²) in [6.07, 6.45) is 3.58. The van der Waals surface area contributed by atoms with E-state index in [9.17, 15) is 0 Å². The molecular weight excluding hydrogens is 166 g/mol. The van der Waals surface area contributed by atoms with E-state index in [0.717, 1.165) is 5.82 Å². The molecule has 1 unspecified atom stereocenters. The summed E-state index contributed by atoms with van der Waals surface area (Å²) in [7, 11) is 0. The first-order chi connectivity index (χ1) is 5.96. The van der Waals surface area contributed by atoms with Crippen LogP contribution < -0.4 is 5.73 Å². The van der Waals surface area contributed by atoms with Crippen LogP contribution in [0.2, 0.25) is 0 Å². The molecule has 0 aliphatic rings. The molecule has 0 bridgehead atoms. The largest absolute Gasteiger partial charge is 0.394 e. The van der Waals surface area contributed by atoms with Crippen molar-refractivity contribution in [3.63, 3.8) is 0 Å². The smallest absolute Gasteiger partial charge is 0.128 e. The molecule has 1 rings (SSSR count). The quantitative estimate of drug-likeness (QED) is 0.707. The maximum Gasteiger partial charge on any atom is 0.128 e. The van der Waals surface area contributed by atoms with Gasteiger partial charge in [-0.1, -0.05) is 0 Å². The molecule has 1 aromatic heterocycles. The van der Waals surface area contributed by atoms with Crippen molar-refractivity contribution in [2.24, 2.45) is 5.73 Å². The fourth-order valence-corrected chi connectivity index (χ4v) is 1.24. The number of nitrogens with zero attached hydrogens (tertiary/aromatic N) is 2. The highest BCUT2D eigenvalue weighted by Gasteiger charge is 2.19. The third kappa shape index (κ3) is 2.08. The van der Waals surface area contributed by atoms with E-state index in [1.54, 1.807) is 6.20 Å². The summed E-state index contributed by atoms with van der Waals surface area (Å²) in [6.45, 7) is 6.14. The Hall–Kier alpha value is -0.870. The van der Waals surface area contributed by atoms with Crippen molar-refractivity contribution in [1.82, 2.24) is 9.55 Å². The number of hydrogen-bond acceptors (Lipinski definition) is 3. The minimum Gasteiger partial charge on any atom is -0.394 e. The summed E-state index contributed by atoms with van der Waals surface area (Å²) < 4.78 is 1.98. The normalized spacial score (nSPS) is 14.5. The fourth-order valence-electron chi connectivity index (χ4n) is 1.24. The lowest BCUT2D eigenvalue weighted by atomic mass is 10.1. The van der Waals surface area contributed by atoms with E-state index in [4.69, 9.17) is 10.8 Å². The summed E-state index contributed by atoms with van der Waals surface area (Å²) in [6, 6.07) is -0.394. The van der Waals surface area contributed by atoms with Gasteiger partial charge >= 0.3 is 0 Å². The van der Waals surface area contributed by atoms with E-state index in [2.05, 4.69) is 25.8 Å². The highest BCUT2D eigenvalue weighted by molar-refractivity contribution is 5.02. The second-order valence-corrected chi connectivity index (χ2v) is 4.12. The van der Waals surface area contributed by atoms with Gasteiger partial charge < -0.3 is 15.4 Å². The van der Waals surface area contributed by atoms with Gasteiger partial charge in [0, 0.05) is 17.9 Å². The van der Waals surface area contributed by atoms with Crippen LogP contribution in [0, 0.1) is 0 Å². The lowest BCUT2D eigenvalue weighted by Crippen LogP contribution is -2.28. The first-order valence-corrected chi connectivity index (χ1v) is 4.37. The highest BCUT2D eigenvalue weighted by Crippen LogP contribution is 2.18. The molecule has 4 heteroatoms. The number of aliphatic hydroxyl groups is 1. The molecule has 1 aromatic rings. The fraction of sp³-hybridized carbons (Fsp3) is 0.667. The third-order valence-electron chi connectivity index (χ3n) is 1.92. The molecule has 74 valence electrons. The van der Waals surface area contributed by atoms with Gasteiger partial charge in [-0.2, -0.15) is 0 Å². The Balaban J connectivity index is 3.03. The molecule has 1 heterocycles. The highest BCUT2D eigenvalue weighted by atomic mass is 16.3. The summed E-state index contributed by atoms with van der Waals surface area (Å²) in [5, 5.41) is 8.92. The van der Waals surface area contributed by atoms with Crippen LogP contribution in [0.3, 0.4) is 0 Å². The number of imidazole rings is 1. The molecule has 0 saturated heterocycles. The Morgan fingerprint density at radius 1 is 1.62 bits per heavy atom. The van der Waals surface area contributed by atoms with Crippen molar-refractivity contribution in [3.05, 3.63) is 18.2 Å². The maximum absolute atomic E-state index is 8.92. The van der Waals surface area contributed by atoms with Crippen LogP contribution in [0.1, 0.15) is 32.6 Å². The van der Waals surface area contributed by atoms with E-state index in [1.165, 1.54) is 0 Å². The van der Waals surface area contributed by atoms with Gasteiger partial charge in [0.2, 0.25) is 0 Å². The van der Waals surface area contributed by atoms with Gasteiger partial charge in [0.1, 0.15) is 5.82 Å². The minimum absolute atomic E-state index is 0.0430. The maximum atomic E-state index is 8.92. The predicted octanol–water partition coefficient (Wildman–Crippen LogP) is 0.630. The van der Waals surface area contributed by atoms with Crippen molar-refractivity contribution in [2.75, 3.05) is 6.61 Å². The molecule has 0 spiro atoms. The average molecular weight is 183 g/mol. The Morgan fingerprint density at radius 3 is 2.69 bits per heavy atom. The van der Waals surface area contributed by atoms with Gasteiger partial charge in [-0.05, 0) is 20.8 Å².